The monoisotopic (exact) mass is 303 g/mol. The highest BCUT2D eigenvalue weighted by Gasteiger charge is 2.31. The van der Waals surface area contributed by atoms with E-state index in [2.05, 4.69) is 10.2 Å². The van der Waals surface area contributed by atoms with Crippen LogP contribution in [0.1, 0.15) is 17.3 Å². The Kier molecular flexibility index (Phi) is 3.61. The summed E-state index contributed by atoms with van der Waals surface area (Å²) in [5.41, 5.74) is 2.71. The lowest BCUT2D eigenvalue weighted by Gasteiger charge is -2.18. The third-order valence-corrected chi connectivity index (χ3v) is 3.90. The molecule has 5 nitrogen and oxygen atoms in total. The fourth-order valence-corrected chi connectivity index (χ4v) is 2.56. The average Bonchev–Trinajstić information content (AvgIpc) is 2.76. The van der Waals surface area contributed by atoms with E-state index in [0.29, 0.717) is 10.7 Å². The van der Waals surface area contributed by atoms with Crippen molar-refractivity contribution in [3.63, 3.8) is 0 Å². The average molecular weight is 304 g/mol. The molecule has 0 fully saturated rings. The normalized spacial score (nSPS) is 21.0. The van der Waals surface area contributed by atoms with Crippen molar-refractivity contribution in [2.24, 2.45) is 24.3 Å². The van der Waals surface area contributed by atoms with Gasteiger partial charge in [-0.2, -0.15) is 14.9 Å². The van der Waals surface area contributed by atoms with Crippen molar-refractivity contribution in [1.29, 1.82) is 0 Å². The molecule has 0 spiro atoms. The molecule has 2 unspecified atom stereocenters. The Morgan fingerprint density at radius 1 is 1.29 bits per heavy atom. The lowest BCUT2D eigenvalue weighted by atomic mass is 9.98. The topological polar surface area (TPSA) is 53.8 Å². The molecule has 0 aliphatic heterocycles. The van der Waals surface area contributed by atoms with Gasteiger partial charge in [0.15, 0.2) is 7.05 Å². The van der Waals surface area contributed by atoms with Crippen LogP contribution in [0, 0.1) is 0 Å². The predicted octanol–water partition coefficient (Wildman–Crippen LogP) is 2.72. The molecule has 0 radical (unpaired) electrons. The van der Waals surface area contributed by atoms with Gasteiger partial charge in [0.1, 0.15) is 17.8 Å². The SMILES string of the molecule is Cn1c2c(c[n+]1C)C=CC(O)C2N=Nc1ccc(Cl)cc1. The molecular weight excluding hydrogens is 288 g/mol. The summed E-state index contributed by atoms with van der Waals surface area (Å²) in [6, 6.07) is 6.71. The number of aliphatic hydroxyl groups excluding tert-OH is 1. The molecule has 0 saturated carbocycles. The van der Waals surface area contributed by atoms with Crippen molar-refractivity contribution >= 4 is 23.4 Å². The Morgan fingerprint density at radius 2 is 2.00 bits per heavy atom. The minimum atomic E-state index is -0.679. The molecular formula is C15H16ClN4O+. The largest absolute Gasteiger partial charge is 0.386 e. The Labute approximate surface area is 127 Å². The number of aryl methyl sites for hydroxylation is 1. The Hall–Kier alpha value is -1.98. The highest BCUT2D eigenvalue weighted by atomic mass is 35.5. The molecule has 3 rings (SSSR count). The maximum atomic E-state index is 10.2. The summed E-state index contributed by atoms with van der Waals surface area (Å²) in [4.78, 5) is 0. The van der Waals surface area contributed by atoms with Crippen molar-refractivity contribution in [2.45, 2.75) is 12.1 Å². The second kappa shape index (κ2) is 5.42. The number of aliphatic hydroxyl groups is 1. The van der Waals surface area contributed by atoms with E-state index < -0.39 is 12.1 Å². The molecule has 2 aromatic rings. The first-order chi connectivity index (χ1) is 10.1. The Bertz CT molecular complexity index is 718. The van der Waals surface area contributed by atoms with E-state index in [1.165, 1.54) is 0 Å². The van der Waals surface area contributed by atoms with E-state index in [1.54, 1.807) is 30.3 Å². The van der Waals surface area contributed by atoms with Gasteiger partial charge in [0, 0.05) is 5.02 Å². The number of rotatable bonds is 2. The molecule has 1 N–H and O–H groups in total. The van der Waals surface area contributed by atoms with Gasteiger partial charge in [-0.25, -0.2) is 0 Å². The Balaban J connectivity index is 1.95. The van der Waals surface area contributed by atoms with Crippen molar-refractivity contribution in [2.75, 3.05) is 0 Å². The summed E-state index contributed by atoms with van der Waals surface area (Å²) in [7, 11) is 3.89. The van der Waals surface area contributed by atoms with E-state index in [9.17, 15) is 5.11 Å². The van der Waals surface area contributed by atoms with Crippen LogP contribution in [0.5, 0.6) is 0 Å². The van der Waals surface area contributed by atoms with Crippen LogP contribution < -0.4 is 4.68 Å². The maximum absolute atomic E-state index is 10.2. The number of benzene rings is 1. The summed E-state index contributed by atoms with van der Waals surface area (Å²) in [6.07, 6.45) is 4.98. The quantitative estimate of drug-likeness (QED) is 0.673. The second-order valence-corrected chi connectivity index (χ2v) is 5.49. The molecule has 0 bridgehead atoms. The molecule has 108 valence electrons. The van der Waals surface area contributed by atoms with E-state index in [0.717, 1.165) is 11.3 Å². The van der Waals surface area contributed by atoms with Crippen LogP contribution in [0.2, 0.25) is 5.02 Å². The number of nitrogens with zero attached hydrogens (tertiary/aromatic N) is 4. The first-order valence-electron chi connectivity index (χ1n) is 6.64. The van der Waals surface area contributed by atoms with Gasteiger partial charge in [-0.05, 0) is 30.3 Å². The molecule has 21 heavy (non-hydrogen) atoms. The van der Waals surface area contributed by atoms with Gasteiger partial charge in [-0.3, -0.25) is 0 Å². The van der Waals surface area contributed by atoms with Crippen LogP contribution in [0.25, 0.3) is 6.08 Å². The first-order valence-corrected chi connectivity index (χ1v) is 7.02. The highest BCUT2D eigenvalue weighted by molar-refractivity contribution is 6.30. The van der Waals surface area contributed by atoms with E-state index in [-0.39, 0.29) is 0 Å². The van der Waals surface area contributed by atoms with Crippen LogP contribution in [-0.2, 0) is 14.1 Å². The fraction of sp³-hybridized carbons (Fsp3) is 0.267. The van der Waals surface area contributed by atoms with Crippen LogP contribution in [0.15, 0.2) is 46.8 Å². The first kappa shape index (κ1) is 14.0. The standard InChI is InChI=1S/C15H16ClN4O/c1-19-9-10-3-8-13(21)14(15(10)20(19)2)18-17-12-6-4-11(16)5-7-12/h3-9,13-14,21H,1-2H3/q+1. The van der Waals surface area contributed by atoms with Crippen molar-refractivity contribution in [3.05, 3.63) is 52.8 Å². The summed E-state index contributed by atoms with van der Waals surface area (Å²) in [5.74, 6) is 0. The van der Waals surface area contributed by atoms with Crippen LogP contribution in [0.4, 0.5) is 5.69 Å². The zero-order chi connectivity index (χ0) is 15.0. The molecule has 2 atom stereocenters. The van der Waals surface area contributed by atoms with Crippen molar-refractivity contribution in [3.8, 4) is 0 Å². The summed E-state index contributed by atoms with van der Waals surface area (Å²) in [6.45, 7) is 0. The molecule has 6 heteroatoms. The van der Waals surface area contributed by atoms with Gasteiger partial charge in [-0.1, -0.05) is 17.7 Å². The van der Waals surface area contributed by atoms with Gasteiger partial charge in [-0.15, -0.1) is 4.68 Å². The molecule has 1 heterocycles. The van der Waals surface area contributed by atoms with Gasteiger partial charge in [0.25, 0.3) is 0 Å². The molecule has 1 aliphatic rings. The van der Waals surface area contributed by atoms with Crippen LogP contribution >= 0.6 is 11.6 Å². The van der Waals surface area contributed by atoms with E-state index in [1.807, 2.05) is 35.7 Å². The lowest BCUT2D eigenvalue weighted by molar-refractivity contribution is -0.751. The maximum Gasteiger partial charge on any atom is 0.202 e. The number of fused-ring (bicyclic) bond motifs is 1. The van der Waals surface area contributed by atoms with Gasteiger partial charge < -0.3 is 5.11 Å². The van der Waals surface area contributed by atoms with E-state index >= 15 is 0 Å². The van der Waals surface area contributed by atoms with Crippen molar-refractivity contribution < 1.29 is 9.79 Å². The van der Waals surface area contributed by atoms with Crippen LogP contribution in [0.3, 0.4) is 0 Å². The van der Waals surface area contributed by atoms with Gasteiger partial charge in [0.05, 0.1) is 18.3 Å². The summed E-state index contributed by atoms with van der Waals surface area (Å²) in [5, 5.41) is 19.4. The van der Waals surface area contributed by atoms with Gasteiger partial charge >= 0.3 is 0 Å². The minimum Gasteiger partial charge on any atom is -0.386 e. The number of hydrogen-bond acceptors (Lipinski definition) is 3. The predicted molar refractivity (Wildman–Crippen MR) is 80.3 cm³/mol. The molecule has 1 aromatic heterocycles. The van der Waals surface area contributed by atoms with Gasteiger partial charge in [0.2, 0.25) is 6.20 Å². The molecule has 0 saturated heterocycles. The zero-order valence-electron chi connectivity index (χ0n) is 11.8. The second-order valence-electron chi connectivity index (χ2n) is 5.05. The Morgan fingerprint density at radius 3 is 2.71 bits per heavy atom. The third kappa shape index (κ3) is 2.62. The molecule has 1 aliphatic carbocycles. The zero-order valence-corrected chi connectivity index (χ0v) is 12.6. The highest BCUT2D eigenvalue weighted by Crippen LogP contribution is 2.31. The summed E-state index contributed by atoms with van der Waals surface area (Å²) < 4.78 is 3.92. The number of halogens is 1. The fourth-order valence-electron chi connectivity index (χ4n) is 2.43. The lowest BCUT2D eigenvalue weighted by Crippen LogP contribution is -2.38. The summed E-state index contributed by atoms with van der Waals surface area (Å²) >= 11 is 5.85. The number of hydrogen-bond donors (Lipinski definition) is 1. The smallest absolute Gasteiger partial charge is 0.202 e. The van der Waals surface area contributed by atoms with E-state index in [4.69, 9.17) is 11.6 Å². The minimum absolute atomic E-state index is 0.410. The van der Waals surface area contributed by atoms with Crippen molar-refractivity contribution in [1.82, 2.24) is 4.68 Å². The third-order valence-electron chi connectivity index (χ3n) is 3.64. The molecule has 0 amide bonds. The molecule has 1 aromatic carbocycles. The number of azo groups is 1. The number of aromatic nitrogens is 2. The van der Waals surface area contributed by atoms with Crippen LogP contribution in [-0.4, -0.2) is 15.9 Å².